The number of anilines is 1. The average Bonchev–Trinajstić information content (AvgIpc) is 2.75. The second-order valence-electron chi connectivity index (χ2n) is 6.52. The van der Waals surface area contributed by atoms with E-state index in [2.05, 4.69) is 42.0 Å². The molecule has 0 amide bonds. The summed E-state index contributed by atoms with van der Waals surface area (Å²) in [6.45, 7) is 10.1. The van der Waals surface area contributed by atoms with Gasteiger partial charge in [-0.1, -0.05) is 25.8 Å². The molecule has 0 bridgehead atoms. The Kier molecular flexibility index (Phi) is 5.59. The summed E-state index contributed by atoms with van der Waals surface area (Å²) in [5.41, 5.74) is 7.28. The van der Waals surface area contributed by atoms with E-state index < -0.39 is 0 Å². The predicted octanol–water partition coefficient (Wildman–Crippen LogP) is 2.97. The minimum Gasteiger partial charge on any atom is -0.383 e. The largest absolute Gasteiger partial charge is 0.383 e. The third-order valence-electron chi connectivity index (χ3n) is 4.72. The highest BCUT2D eigenvalue weighted by atomic mass is 15.2. The van der Waals surface area contributed by atoms with E-state index in [9.17, 15) is 0 Å². The minimum absolute atomic E-state index is 0.0253. The maximum atomic E-state index is 6.14. The Morgan fingerprint density at radius 3 is 2.52 bits per heavy atom. The van der Waals surface area contributed by atoms with Crippen molar-refractivity contribution in [1.29, 1.82) is 0 Å². The van der Waals surface area contributed by atoms with Crippen LogP contribution >= 0.6 is 0 Å². The maximum absolute atomic E-state index is 6.14. The highest BCUT2D eigenvalue weighted by Crippen LogP contribution is 2.34. The van der Waals surface area contributed by atoms with E-state index in [1.54, 1.807) is 6.20 Å². The van der Waals surface area contributed by atoms with Gasteiger partial charge in [0.2, 0.25) is 0 Å². The number of nitrogens with one attached hydrogen (secondary N) is 1. The fraction of sp³-hybridized carbons (Fsp3) is 0.706. The molecule has 1 unspecified atom stereocenters. The number of hydrogen-bond acceptors (Lipinski definition) is 4. The van der Waals surface area contributed by atoms with E-state index in [4.69, 9.17) is 5.73 Å². The van der Waals surface area contributed by atoms with E-state index >= 15 is 0 Å². The van der Waals surface area contributed by atoms with Gasteiger partial charge in [-0.05, 0) is 52.4 Å². The summed E-state index contributed by atoms with van der Waals surface area (Å²) in [6.07, 6.45) is 7.07. The molecular weight excluding hydrogens is 260 g/mol. The number of likely N-dealkylation sites (N-methyl/N-ethyl adjacent to an activating group) is 1. The van der Waals surface area contributed by atoms with Gasteiger partial charge in [0.1, 0.15) is 5.82 Å². The lowest BCUT2D eigenvalue weighted by Crippen LogP contribution is -2.53. The number of pyridine rings is 1. The molecule has 2 rings (SSSR count). The number of hydrogen-bond donors (Lipinski definition) is 2. The third kappa shape index (κ3) is 3.74. The van der Waals surface area contributed by atoms with Crippen LogP contribution in [0.1, 0.15) is 58.1 Å². The van der Waals surface area contributed by atoms with Crippen molar-refractivity contribution in [1.82, 2.24) is 15.2 Å². The highest BCUT2D eigenvalue weighted by molar-refractivity contribution is 5.42. The van der Waals surface area contributed by atoms with Gasteiger partial charge in [0, 0.05) is 17.3 Å². The average molecular weight is 290 g/mol. The Bertz CT molecular complexity index is 436. The second kappa shape index (κ2) is 7.23. The van der Waals surface area contributed by atoms with Crippen molar-refractivity contribution in [2.24, 2.45) is 0 Å². The zero-order valence-electron chi connectivity index (χ0n) is 13.7. The van der Waals surface area contributed by atoms with Crippen molar-refractivity contribution in [2.75, 3.05) is 25.4 Å². The first-order valence-corrected chi connectivity index (χ1v) is 8.26. The summed E-state index contributed by atoms with van der Waals surface area (Å²) in [5.74, 6) is 0.645. The Labute approximate surface area is 129 Å². The summed E-state index contributed by atoms with van der Waals surface area (Å²) >= 11 is 0. The molecule has 118 valence electrons. The minimum atomic E-state index is 0.0253. The Morgan fingerprint density at radius 2 is 1.95 bits per heavy atom. The SMILES string of the molecule is CCNC(c1cccnc1N)C(C)(C)N1CCCCCC1. The molecule has 4 heteroatoms. The zero-order chi connectivity index (χ0) is 15.3. The van der Waals surface area contributed by atoms with E-state index in [0.29, 0.717) is 5.82 Å². The van der Waals surface area contributed by atoms with Crippen molar-refractivity contribution in [3.63, 3.8) is 0 Å². The van der Waals surface area contributed by atoms with Crippen molar-refractivity contribution in [2.45, 2.75) is 58.0 Å². The smallest absolute Gasteiger partial charge is 0.128 e. The topological polar surface area (TPSA) is 54.2 Å². The number of likely N-dealkylation sites (tertiary alicyclic amines) is 1. The monoisotopic (exact) mass is 290 g/mol. The number of nitrogen functional groups attached to an aromatic ring is 1. The summed E-state index contributed by atoms with van der Waals surface area (Å²) in [5, 5.41) is 3.64. The zero-order valence-corrected chi connectivity index (χ0v) is 13.7. The van der Waals surface area contributed by atoms with Crippen LogP contribution in [0.15, 0.2) is 18.3 Å². The van der Waals surface area contributed by atoms with Crippen molar-refractivity contribution < 1.29 is 0 Å². The fourth-order valence-electron chi connectivity index (χ4n) is 3.45. The van der Waals surface area contributed by atoms with Crippen molar-refractivity contribution in [3.05, 3.63) is 23.9 Å². The summed E-state index contributed by atoms with van der Waals surface area (Å²) in [6, 6.07) is 4.29. The first-order valence-electron chi connectivity index (χ1n) is 8.26. The van der Waals surface area contributed by atoms with Crippen LogP contribution in [-0.4, -0.2) is 35.1 Å². The molecule has 0 saturated carbocycles. The van der Waals surface area contributed by atoms with Crippen LogP contribution in [0.2, 0.25) is 0 Å². The van der Waals surface area contributed by atoms with Gasteiger partial charge in [-0.3, -0.25) is 4.90 Å². The predicted molar refractivity (Wildman–Crippen MR) is 89.2 cm³/mol. The van der Waals surface area contributed by atoms with E-state index in [1.165, 1.54) is 38.8 Å². The van der Waals surface area contributed by atoms with Gasteiger partial charge in [-0.25, -0.2) is 4.98 Å². The molecule has 1 atom stereocenters. The molecule has 0 aromatic carbocycles. The van der Waals surface area contributed by atoms with Gasteiger partial charge in [0.05, 0.1) is 6.04 Å². The van der Waals surface area contributed by atoms with Gasteiger partial charge >= 0.3 is 0 Å². The maximum Gasteiger partial charge on any atom is 0.128 e. The Hall–Kier alpha value is -1.13. The molecule has 1 fully saturated rings. The van der Waals surface area contributed by atoms with Gasteiger partial charge in [0.15, 0.2) is 0 Å². The summed E-state index contributed by atoms with van der Waals surface area (Å²) < 4.78 is 0. The first kappa shape index (κ1) is 16.2. The Morgan fingerprint density at radius 1 is 1.29 bits per heavy atom. The second-order valence-corrected chi connectivity index (χ2v) is 6.52. The van der Waals surface area contributed by atoms with Crippen molar-refractivity contribution >= 4 is 5.82 Å². The van der Waals surface area contributed by atoms with E-state index in [-0.39, 0.29) is 11.6 Å². The van der Waals surface area contributed by atoms with Crippen LogP contribution in [0.4, 0.5) is 5.82 Å². The molecule has 1 aliphatic rings. The molecule has 0 aliphatic carbocycles. The standard InChI is InChI=1S/C17H30N4/c1-4-19-15(14-10-9-11-20-16(14)18)17(2,3)21-12-7-5-6-8-13-21/h9-11,15,19H,4-8,12-13H2,1-3H3,(H2,18,20). The lowest BCUT2D eigenvalue weighted by atomic mass is 9.86. The van der Waals surface area contributed by atoms with E-state index in [1.807, 2.05) is 6.07 Å². The molecule has 1 aliphatic heterocycles. The molecule has 0 spiro atoms. The number of nitrogens with zero attached hydrogens (tertiary/aromatic N) is 2. The lowest BCUT2D eigenvalue weighted by Gasteiger charge is -2.44. The van der Waals surface area contributed by atoms with Crippen LogP contribution in [-0.2, 0) is 0 Å². The van der Waals surface area contributed by atoms with Gasteiger partial charge in [-0.15, -0.1) is 0 Å². The quantitative estimate of drug-likeness (QED) is 0.875. The summed E-state index contributed by atoms with van der Waals surface area (Å²) in [4.78, 5) is 6.90. The van der Waals surface area contributed by atoms with Crippen LogP contribution in [0.25, 0.3) is 0 Å². The fourth-order valence-corrected chi connectivity index (χ4v) is 3.45. The van der Waals surface area contributed by atoms with Crippen LogP contribution < -0.4 is 11.1 Å². The lowest BCUT2D eigenvalue weighted by molar-refractivity contribution is 0.0841. The molecule has 3 N–H and O–H groups in total. The number of aromatic nitrogens is 1. The molecule has 0 radical (unpaired) electrons. The normalized spacial score (nSPS) is 19.2. The molecule has 21 heavy (non-hydrogen) atoms. The Balaban J connectivity index is 2.28. The molecule has 1 aromatic rings. The van der Waals surface area contributed by atoms with Gasteiger partial charge in [-0.2, -0.15) is 0 Å². The van der Waals surface area contributed by atoms with Gasteiger partial charge < -0.3 is 11.1 Å². The van der Waals surface area contributed by atoms with Crippen LogP contribution in [0, 0.1) is 0 Å². The summed E-state index contributed by atoms with van der Waals surface area (Å²) in [7, 11) is 0. The number of rotatable bonds is 5. The molecule has 4 nitrogen and oxygen atoms in total. The van der Waals surface area contributed by atoms with Crippen LogP contribution in [0.5, 0.6) is 0 Å². The van der Waals surface area contributed by atoms with Gasteiger partial charge in [0.25, 0.3) is 0 Å². The highest BCUT2D eigenvalue weighted by Gasteiger charge is 2.37. The first-order chi connectivity index (χ1) is 10.1. The molecule has 1 aromatic heterocycles. The molecule has 1 saturated heterocycles. The van der Waals surface area contributed by atoms with Crippen LogP contribution in [0.3, 0.4) is 0 Å². The molecule has 2 heterocycles. The number of nitrogens with two attached hydrogens (primary N) is 1. The van der Waals surface area contributed by atoms with E-state index in [0.717, 1.165) is 12.1 Å². The molecular formula is C17H30N4. The third-order valence-corrected chi connectivity index (χ3v) is 4.72. The van der Waals surface area contributed by atoms with Crippen molar-refractivity contribution in [3.8, 4) is 0 Å².